The lowest BCUT2D eigenvalue weighted by molar-refractivity contribution is -0.128. The molecule has 0 aromatic heterocycles. The van der Waals surface area contributed by atoms with Crippen LogP contribution in [0.2, 0.25) is 0 Å². The normalized spacial score (nSPS) is 12.2. The third kappa shape index (κ3) is 12.0. The van der Waals surface area contributed by atoms with Gasteiger partial charge in [0.1, 0.15) is 24.4 Å². The topological polar surface area (TPSA) is 185 Å². The van der Waals surface area contributed by atoms with Crippen LogP contribution in [0, 0.1) is 0 Å². The molecule has 2 atom stereocenters. The summed E-state index contributed by atoms with van der Waals surface area (Å²) < 4.78 is 5.22. The highest BCUT2D eigenvalue weighted by atomic mass is 16.5. The van der Waals surface area contributed by atoms with Crippen molar-refractivity contribution >= 4 is 35.2 Å². The van der Waals surface area contributed by atoms with Crippen LogP contribution < -0.4 is 21.7 Å². The van der Waals surface area contributed by atoms with Gasteiger partial charge in [-0.05, 0) is 73.7 Å². The monoisotopic (exact) mass is 588 g/mol. The predicted molar refractivity (Wildman–Crippen MR) is 160 cm³/mol. The van der Waals surface area contributed by atoms with Gasteiger partial charge in [-0.1, -0.05) is 42.5 Å². The largest absolute Gasteiger partial charge is 0.508 e. The van der Waals surface area contributed by atoms with E-state index >= 15 is 0 Å². The number of unbranched alkanes of at least 4 members (excludes halogenated alkanes) is 1. The van der Waals surface area contributed by atoms with Crippen LogP contribution in [0.5, 0.6) is 5.75 Å². The second-order valence-electron chi connectivity index (χ2n) is 9.80. The molecule has 0 aliphatic heterocycles. The number of azo groups is 1. The molecule has 3 aromatic carbocycles. The summed E-state index contributed by atoms with van der Waals surface area (Å²) in [6.45, 7) is 1.87. The minimum Gasteiger partial charge on any atom is -0.508 e. The van der Waals surface area contributed by atoms with Crippen LogP contribution in [-0.2, 0) is 32.1 Å². The number of carbonyl (C=O) groups excluding carboxylic acids is 4. The number of hydrogen-bond donors (Lipinski definition) is 5. The maximum absolute atomic E-state index is 12.7. The van der Waals surface area contributed by atoms with Gasteiger partial charge >= 0.3 is 6.09 Å². The molecule has 12 nitrogen and oxygen atoms in total. The van der Waals surface area contributed by atoms with E-state index in [0.29, 0.717) is 30.8 Å². The van der Waals surface area contributed by atoms with Crippen molar-refractivity contribution in [3.05, 3.63) is 90.0 Å². The van der Waals surface area contributed by atoms with Crippen molar-refractivity contribution in [2.75, 3.05) is 6.54 Å². The second kappa shape index (κ2) is 16.9. The Morgan fingerprint density at radius 3 is 2.09 bits per heavy atom. The third-order valence-electron chi connectivity index (χ3n) is 6.28. The fraction of sp³-hybridized carbons (Fsp3) is 0.290. The second-order valence-corrected chi connectivity index (χ2v) is 9.80. The number of primary amides is 1. The Kier molecular flexibility index (Phi) is 12.7. The van der Waals surface area contributed by atoms with Gasteiger partial charge in [0.15, 0.2) is 0 Å². The van der Waals surface area contributed by atoms with Gasteiger partial charge in [-0.2, -0.15) is 10.2 Å². The van der Waals surface area contributed by atoms with Crippen molar-refractivity contribution in [1.82, 2.24) is 16.0 Å². The summed E-state index contributed by atoms with van der Waals surface area (Å²) in [5.74, 6) is -1.27. The summed E-state index contributed by atoms with van der Waals surface area (Å²) in [6, 6.07) is 20.7. The van der Waals surface area contributed by atoms with Gasteiger partial charge in [-0.15, -0.1) is 0 Å². The average molecular weight is 589 g/mol. The molecular formula is C31H36N6O6. The Balaban J connectivity index is 1.41. The number of ether oxygens (including phenoxy) is 1. The predicted octanol–water partition coefficient (Wildman–Crippen LogP) is 3.92. The number of carbonyl (C=O) groups is 4. The van der Waals surface area contributed by atoms with Crippen LogP contribution >= 0.6 is 0 Å². The molecule has 226 valence electrons. The smallest absolute Gasteiger partial charge is 0.408 e. The molecule has 6 N–H and O–H groups in total. The fourth-order valence-electron chi connectivity index (χ4n) is 3.83. The van der Waals surface area contributed by atoms with E-state index in [-0.39, 0.29) is 31.1 Å². The Morgan fingerprint density at radius 1 is 0.837 bits per heavy atom. The van der Waals surface area contributed by atoms with Crippen molar-refractivity contribution in [3.8, 4) is 5.75 Å². The summed E-state index contributed by atoms with van der Waals surface area (Å²) in [5, 5.41) is 25.5. The van der Waals surface area contributed by atoms with Crippen LogP contribution in [0.4, 0.5) is 16.2 Å². The highest BCUT2D eigenvalue weighted by Gasteiger charge is 2.24. The van der Waals surface area contributed by atoms with Gasteiger partial charge in [0.05, 0.1) is 17.8 Å². The molecule has 43 heavy (non-hydrogen) atoms. The Bertz CT molecular complexity index is 1380. The van der Waals surface area contributed by atoms with E-state index in [4.69, 9.17) is 10.5 Å². The van der Waals surface area contributed by atoms with Gasteiger partial charge in [0, 0.05) is 6.54 Å². The number of nitrogens with zero attached hydrogens (tertiary/aromatic N) is 2. The zero-order chi connectivity index (χ0) is 31.0. The summed E-state index contributed by atoms with van der Waals surface area (Å²) >= 11 is 0. The lowest BCUT2D eigenvalue weighted by Gasteiger charge is -2.20. The molecule has 3 aromatic rings. The molecule has 0 radical (unpaired) electrons. The first-order valence-electron chi connectivity index (χ1n) is 13.8. The number of nitrogens with two attached hydrogens (primary N) is 1. The van der Waals surface area contributed by atoms with Gasteiger partial charge in [-0.25, -0.2) is 4.79 Å². The van der Waals surface area contributed by atoms with Crippen molar-refractivity contribution in [3.63, 3.8) is 0 Å². The van der Waals surface area contributed by atoms with Crippen LogP contribution in [0.25, 0.3) is 0 Å². The maximum Gasteiger partial charge on any atom is 0.408 e. The number of phenols is 1. The van der Waals surface area contributed by atoms with Crippen molar-refractivity contribution in [2.45, 2.75) is 51.3 Å². The molecule has 0 saturated carbocycles. The Hall–Kier alpha value is -5.26. The molecule has 0 heterocycles. The number of aromatic hydroxyl groups is 1. The molecule has 0 aliphatic carbocycles. The van der Waals surface area contributed by atoms with Crippen molar-refractivity contribution < 1.29 is 29.0 Å². The third-order valence-corrected chi connectivity index (χ3v) is 6.28. The summed E-state index contributed by atoms with van der Waals surface area (Å²) in [5.41, 5.74) is 8.07. The zero-order valence-corrected chi connectivity index (χ0v) is 23.9. The van der Waals surface area contributed by atoms with E-state index in [1.54, 1.807) is 36.4 Å². The Morgan fingerprint density at radius 2 is 1.47 bits per heavy atom. The lowest BCUT2D eigenvalue weighted by Crippen LogP contribution is -2.52. The first-order valence-corrected chi connectivity index (χ1v) is 13.8. The van der Waals surface area contributed by atoms with Gasteiger partial charge in [0.25, 0.3) is 0 Å². The molecule has 4 amide bonds. The van der Waals surface area contributed by atoms with E-state index < -0.39 is 30.0 Å². The van der Waals surface area contributed by atoms with E-state index in [9.17, 15) is 24.3 Å². The summed E-state index contributed by atoms with van der Waals surface area (Å²) in [6.07, 6.45) is 0.729. The molecule has 0 fully saturated rings. The number of alkyl carbamates (subject to hydrolysis) is 1. The fourth-order valence-corrected chi connectivity index (χ4v) is 3.83. The molecule has 0 aliphatic rings. The van der Waals surface area contributed by atoms with Gasteiger partial charge in [-0.3, -0.25) is 14.4 Å². The van der Waals surface area contributed by atoms with Crippen molar-refractivity contribution in [2.24, 2.45) is 16.0 Å². The number of benzene rings is 3. The van der Waals surface area contributed by atoms with Crippen LogP contribution in [0.3, 0.4) is 0 Å². The minimum absolute atomic E-state index is 0.0391. The molecule has 3 rings (SSSR count). The van der Waals surface area contributed by atoms with E-state index in [2.05, 4.69) is 26.2 Å². The number of rotatable bonds is 15. The van der Waals surface area contributed by atoms with E-state index in [1.807, 2.05) is 30.3 Å². The number of phenolic OH excluding ortho intramolecular Hbond substituents is 1. The molecule has 0 bridgehead atoms. The van der Waals surface area contributed by atoms with Crippen molar-refractivity contribution in [1.29, 1.82) is 0 Å². The first kappa shape index (κ1) is 32.3. The van der Waals surface area contributed by atoms with E-state index in [1.165, 1.54) is 19.1 Å². The highest BCUT2D eigenvalue weighted by molar-refractivity contribution is 5.90. The summed E-state index contributed by atoms with van der Waals surface area (Å²) in [4.78, 5) is 48.9. The number of nitrogens with one attached hydrogen (secondary N) is 3. The van der Waals surface area contributed by atoms with Gasteiger partial charge < -0.3 is 31.5 Å². The quantitative estimate of drug-likeness (QED) is 0.132. The number of hydrogen-bond acceptors (Lipinski definition) is 8. The number of amides is 4. The molecule has 0 saturated heterocycles. The highest BCUT2D eigenvalue weighted by Crippen LogP contribution is 2.21. The van der Waals surface area contributed by atoms with Crippen LogP contribution in [0.1, 0.15) is 37.3 Å². The first-order chi connectivity index (χ1) is 20.7. The molecule has 0 spiro atoms. The molecule has 0 unspecified atom stereocenters. The zero-order valence-electron chi connectivity index (χ0n) is 23.9. The van der Waals surface area contributed by atoms with E-state index in [0.717, 1.165) is 11.1 Å². The standard InChI is InChI=1S/C31H36N6O6/c1-21(29(32)40)34-30(41)27(35-31(42)43-20-23-7-3-2-4-8-23)9-5-6-18-33-28(39)19-22-10-12-24(13-11-22)36-37-25-14-16-26(38)17-15-25/h2-4,7-8,10-17,21,27,38H,5-6,9,18-20H2,1H3,(H2,32,40)(H,33,39)(H,34,41)(H,35,42)/t21-,27-/m0/s1. The van der Waals surface area contributed by atoms with Gasteiger partial charge in [0.2, 0.25) is 17.7 Å². The lowest BCUT2D eigenvalue weighted by atomic mass is 10.1. The van der Waals surface area contributed by atoms with Crippen LogP contribution in [0.15, 0.2) is 89.1 Å². The molecule has 12 heteroatoms. The summed E-state index contributed by atoms with van der Waals surface area (Å²) in [7, 11) is 0. The Labute approximate surface area is 249 Å². The van der Waals surface area contributed by atoms with Crippen LogP contribution in [-0.4, -0.2) is 47.5 Å². The average Bonchev–Trinajstić information content (AvgIpc) is 3.00. The maximum atomic E-state index is 12.7. The molecular weight excluding hydrogens is 552 g/mol. The SMILES string of the molecule is C[C@H](NC(=O)[C@H](CCCCNC(=O)Cc1ccc(N=Nc2ccc(O)cc2)cc1)NC(=O)OCc1ccccc1)C(N)=O. The minimum atomic E-state index is -0.953.